The molecule has 0 aliphatic rings. The van der Waals surface area contributed by atoms with Gasteiger partial charge < -0.3 is 4.74 Å². The van der Waals surface area contributed by atoms with E-state index in [0.717, 1.165) is 16.8 Å². The van der Waals surface area contributed by atoms with Crippen molar-refractivity contribution in [2.45, 2.75) is 6.18 Å². The lowest BCUT2D eigenvalue weighted by molar-refractivity contribution is -0.137. The van der Waals surface area contributed by atoms with Gasteiger partial charge in [0.1, 0.15) is 12.1 Å². The van der Waals surface area contributed by atoms with Crippen molar-refractivity contribution >= 4 is 27.2 Å². The highest BCUT2D eigenvalue weighted by atomic mass is 32.1. The fourth-order valence-electron chi connectivity index (χ4n) is 2.16. The number of hydrogen-bond acceptors (Lipinski definition) is 5. The van der Waals surface area contributed by atoms with E-state index in [-0.39, 0.29) is 11.8 Å². The first-order chi connectivity index (χ1) is 11.0. The molecule has 3 aromatic heterocycles. The lowest BCUT2D eigenvalue weighted by Gasteiger charge is -2.10. The molecule has 0 spiro atoms. The van der Waals surface area contributed by atoms with Gasteiger partial charge in [0.2, 0.25) is 0 Å². The maximum absolute atomic E-state index is 12.8. The molecule has 0 atom stereocenters. The summed E-state index contributed by atoms with van der Waals surface area (Å²) in [6.45, 7) is 0. The van der Waals surface area contributed by atoms with Crippen LogP contribution in [0.3, 0.4) is 0 Å². The van der Waals surface area contributed by atoms with Crippen LogP contribution in [-0.4, -0.2) is 19.6 Å². The molecule has 0 saturated carbocycles. The van der Waals surface area contributed by atoms with Crippen LogP contribution in [0.1, 0.15) is 5.56 Å². The van der Waals surface area contributed by atoms with E-state index in [1.807, 2.05) is 5.38 Å². The van der Waals surface area contributed by atoms with Crippen molar-refractivity contribution in [3.63, 3.8) is 0 Å². The number of rotatable bonds is 2. The first-order valence-electron chi connectivity index (χ1n) is 6.44. The van der Waals surface area contributed by atoms with Gasteiger partial charge in [0.25, 0.3) is 0 Å². The summed E-state index contributed by atoms with van der Waals surface area (Å²) in [5.41, 5.74) is 0.413. The van der Waals surface area contributed by atoms with Crippen molar-refractivity contribution in [2.75, 3.05) is 0 Å². The Morgan fingerprint density at radius 3 is 2.87 bits per heavy atom. The van der Waals surface area contributed by atoms with Gasteiger partial charge in [0.05, 0.1) is 15.8 Å². The van der Waals surface area contributed by atoms with Crippen molar-refractivity contribution in [1.29, 1.82) is 0 Å². The van der Waals surface area contributed by atoms with Crippen LogP contribution in [0.4, 0.5) is 13.2 Å². The Morgan fingerprint density at radius 1 is 1.17 bits per heavy atom. The first-order valence-corrected chi connectivity index (χ1v) is 7.32. The summed E-state index contributed by atoms with van der Waals surface area (Å²) in [6, 6.07) is 6.52. The standard InChI is InChI=1S/C14H7F3N4OS/c15-14(16,17)8-2-1-3-9(6-8)22-13-19-10-4-5-23-11(10)12-20-18-7-21(12)13/h1-7H. The maximum Gasteiger partial charge on any atom is 0.416 e. The SMILES string of the molecule is FC(F)(F)c1cccc(Oc2nc3ccsc3c3nncn23)c1. The van der Waals surface area contributed by atoms with Gasteiger partial charge in [-0.25, -0.2) is 4.40 Å². The summed E-state index contributed by atoms with van der Waals surface area (Å²) in [6.07, 6.45) is -3.03. The van der Waals surface area contributed by atoms with Gasteiger partial charge in [0, 0.05) is 0 Å². The third-order valence-corrected chi connectivity index (χ3v) is 4.09. The Morgan fingerprint density at radius 2 is 2.04 bits per heavy atom. The minimum Gasteiger partial charge on any atom is -0.425 e. The lowest BCUT2D eigenvalue weighted by Crippen LogP contribution is -2.05. The Bertz CT molecular complexity index is 1010. The monoisotopic (exact) mass is 336 g/mol. The number of alkyl halides is 3. The zero-order chi connectivity index (χ0) is 16.0. The minimum atomic E-state index is -4.43. The van der Waals surface area contributed by atoms with Crippen molar-refractivity contribution in [3.8, 4) is 11.8 Å². The molecule has 1 aromatic carbocycles. The van der Waals surface area contributed by atoms with Gasteiger partial charge in [-0.3, -0.25) is 0 Å². The van der Waals surface area contributed by atoms with Crippen molar-refractivity contribution < 1.29 is 17.9 Å². The van der Waals surface area contributed by atoms with Gasteiger partial charge in [0.15, 0.2) is 5.65 Å². The predicted molar refractivity (Wildman–Crippen MR) is 77.7 cm³/mol. The molecule has 0 amide bonds. The second-order valence-corrected chi connectivity index (χ2v) is 5.60. The number of aromatic nitrogens is 4. The highest BCUT2D eigenvalue weighted by Crippen LogP contribution is 2.33. The summed E-state index contributed by atoms with van der Waals surface area (Å²) in [4.78, 5) is 4.31. The van der Waals surface area contributed by atoms with Crippen LogP contribution in [-0.2, 0) is 6.18 Å². The van der Waals surface area contributed by atoms with Crippen LogP contribution in [0.5, 0.6) is 11.8 Å². The molecule has 3 heterocycles. The van der Waals surface area contributed by atoms with Gasteiger partial charge >= 0.3 is 12.2 Å². The van der Waals surface area contributed by atoms with E-state index in [1.165, 1.54) is 34.2 Å². The molecule has 0 N–H and O–H groups in total. The van der Waals surface area contributed by atoms with Gasteiger partial charge in [-0.1, -0.05) is 6.07 Å². The summed E-state index contributed by atoms with van der Waals surface area (Å²) >= 11 is 1.45. The van der Waals surface area contributed by atoms with Gasteiger partial charge in [-0.2, -0.15) is 18.2 Å². The third-order valence-electron chi connectivity index (χ3n) is 3.19. The van der Waals surface area contributed by atoms with Gasteiger partial charge in [-0.05, 0) is 29.6 Å². The smallest absolute Gasteiger partial charge is 0.416 e. The fourth-order valence-corrected chi connectivity index (χ4v) is 2.97. The minimum absolute atomic E-state index is 0.0388. The zero-order valence-electron chi connectivity index (χ0n) is 11.3. The molecule has 5 nitrogen and oxygen atoms in total. The van der Waals surface area contributed by atoms with Crippen LogP contribution in [0.25, 0.3) is 15.9 Å². The predicted octanol–water partition coefficient (Wildman–Crippen LogP) is 4.15. The Balaban J connectivity index is 1.82. The molecule has 0 bridgehead atoms. The van der Waals surface area contributed by atoms with Crippen LogP contribution in [0, 0.1) is 0 Å². The first kappa shape index (κ1) is 13.9. The number of nitrogens with zero attached hydrogens (tertiary/aromatic N) is 4. The highest BCUT2D eigenvalue weighted by molar-refractivity contribution is 7.17. The highest BCUT2D eigenvalue weighted by Gasteiger charge is 2.30. The third kappa shape index (κ3) is 2.38. The van der Waals surface area contributed by atoms with E-state index < -0.39 is 11.7 Å². The molecular weight excluding hydrogens is 329 g/mol. The maximum atomic E-state index is 12.8. The van der Waals surface area contributed by atoms with E-state index in [2.05, 4.69) is 15.2 Å². The van der Waals surface area contributed by atoms with Crippen LogP contribution < -0.4 is 4.74 Å². The Hall–Kier alpha value is -2.68. The Kier molecular flexibility index (Phi) is 2.98. The number of fused-ring (bicyclic) bond motifs is 3. The molecule has 0 fully saturated rings. The summed E-state index contributed by atoms with van der Waals surface area (Å²) < 4.78 is 46.2. The summed E-state index contributed by atoms with van der Waals surface area (Å²) in [5, 5.41) is 9.66. The summed E-state index contributed by atoms with van der Waals surface area (Å²) in [7, 11) is 0. The van der Waals surface area contributed by atoms with Crippen LogP contribution in [0.2, 0.25) is 0 Å². The fraction of sp³-hybridized carbons (Fsp3) is 0.0714. The molecule has 4 aromatic rings. The number of ether oxygens (including phenoxy) is 1. The van der Waals surface area contributed by atoms with E-state index >= 15 is 0 Å². The average molecular weight is 336 g/mol. The molecule has 116 valence electrons. The molecule has 0 radical (unpaired) electrons. The van der Waals surface area contributed by atoms with Gasteiger partial charge in [-0.15, -0.1) is 21.5 Å². The molecule has 0 aliphatic heterocycles. The molecular formula is C14H7F3N4OS. The van der Waals surface area contributed by atoms with Crippen LogP contribution >= 0.6 is 11.3 Å². The second-order valence-electron chi connectivity index (χ2n) is 4.68. The normalized spacial score (nSPS) is 12.1. The Labute approximate surface area is 131 Å². The largest absolute Gasteiger partial charge is 0.425 e. The molecule has 0 unspecified atom stereocenters. The average Bonchev–Trinajstić information content (AvgIpc) is 3.14. The number of hydrogen-bond donors (Lipinski definition) is 0. The van der Waals surface area contributed by atoms with E-state index in [4.69, 9.17) is 4.74 Å². The molecule has 4 rings (SSSR count). The number of halogens is 3. The topological polar surface area (TPSA) is 52.3 Å². The van der Waals surface area contributed by atoms with Crippen LogP contribution in [0.15, 0.2) is 42.0 Å². The molecule has 9 heteroatoms. The number of benzene rings is 1. The molecule has 0 aliphatic carbocycles. The van der Waals surface area contributed by atoms with Crippen molar-refractivity contribution in [1.82, 2.24) is 19.6 Å². The van der Waals surface area contributed by atoms with Crippen molar-refractivity contribution in [3.05, 3.63) is 47.6 Å². The molecule has 23 heavy (non-hydrogen) atoms. The quantitative estimate of drug-likeness (QED) is 0.552. The van der Waals surface area contributed by atoms with E-state index in [1.54, 1.807) is 6.07 Å². The van der Waals surface area contributed by atoms with E-state index in [9.17, 15) is 13.2 Å². The summed E-state index contributed by atoms with van der Waals surface area (Å²) in [5.74, 6) is 0.0388. The zero-order valence-corrected chi connectivity index (χ0v) is 12.1. The number of thiophene rings is 1. The lowest BCUT2D eigenvalue weighted by atomic mass is 10.2. The van der Waals surface area contributed by atoms with Crippen molar-refractivity contribution in [2.24, 2.45) is 0 Å². The second kappa shape index (κ2) is 4.92. The van der Waals surface area contributed by atoms with E-state index in [0.29, 0.717) is 11.2 Å². The molecule has 0 saturated heterocycles.